The summed E-state index contributed by atoms with van der Waals surface area (Å²) in [6, 6.07) is 0.416. The van der Waals surface area contributed by atoms with Gasteiger partial charge in [0.25, 0.3) is 0 Å². The molecule has 0 bridgehead atoms. The highest BCUT2D eigenvalue weighted by molar-refractivity contribution is 7.09. The van der Waals surface area contributed by atoms with Crippen LogP contribution in [0, 0.1) is 0 Å². The molecule has 2 nitrogen and oxygen atoms in total. The Morgan fingerprint density at radius 2 is 2.38 bits per heavy atom. The van der Waals surface area contributed by atoms with Crippen LogP contribution in [0.3, 0.4) is 0 Å². The van der Waals surface area contributed by atoms with Crippen LogP contribution in [-0.4, -0.2) is 22.0 Å². The molecule has 1 aliphatic heterocycles. The van der Waals surface area contributed by atoms with Crippen LogP contribution in [0.4, 0.5) is 0 Å². The maximum Gasteiger partial charge on any atom is 0.110 e. The highest BCUT2D eigenvalue weighted by atomic mass is 35.5. The normalized spacial score (nSPS) is 22.5. The average molecular weight is 259 g/mol. The van der Waals surface area contributed by atoms with Gasteiger partial charge in [-0.3, -0.25) is 4.90 Å². The lowest BCUT2D eigenvalue weighted by molar-refractivity contribution is 0.125. The van der Waals surface area contributed by atoms with Gasteiger partial charge >= 0.3 is 0 Å². The Labute approximate surface area is 107 Å². The molecule has 1 unspecified atom stereocenters. The number of likely N-dealkylation sites (tertiary alicyclic amines) is 1. The van der Waals surface area contributed by atoms with Crippen molar-refractivity contribution in [1.29, 1.82) is 0 Å². The van der Waals surface area contributed by atoms with Gasteiger partial charge in [0.2, 0.25) is 0 Å². The fraction of sp³-hybridized carbons (Fsp3) is 0.750. The Morgan fingerprint density at radius 3 is 2.88 bits per heavy atom. The van der Waals surface area contributed by atoms with E-state index in [4.69, 9.17) is 11.6 Å². The minimum Gasteiger partial charge on any atom is -0.289 e. The van der Waals surface area contributed by atoms with Crippen molar-refractivity contribution in [3.05, 3.63) is 16.1 Å². The van der Waals surface area contributed by atoms with E-state index in [1.807, 2.05) is 0 Å². The van der Waals surface area contributed by atoms with Crippen molar-refractivity contribution in [3.8, 4) is 0 Å². The molecule has 0 amide bonds. The molecular weight excluding hydrogens is 240 g/mol. The third-order valence-electron chi connectivity index (χ3n) is 3.50. The molecule has 1 atom stereocenters. The van der Waals surface area contributed by atoms with E-state index < -0.39 is 0 Å². The first-order valence-corrected chi connectivity index (χ1v) is 7.23. The molecule has 0 N–H and O–H groups in total. The summed E-state index contributed by atoms with van der Waals surface area (Å²) in [7, 11) is 0. The van der Waals surface area contributed by atoms with E-state index in [0.717, 1.165) is 5.69 Å². The maximum absolute atomic E-state index is 5.79. The number of alkyl halides is 1. The first-order chi connectivity index (χ1) is 7.54. The monoisotopic (exact) mass is 258 g/mol. The van der Waals surface area contributed by atoms with Gasteiger partial charge in [-0.2, -0.15) is 0 Å². The SMILES string of the molecule is CC(c1nc(CCl)cs1)N1CCCC1(C)C. The lowest BCUT2D eigenvalue weighted by Gasteiger charge is -2.35. The van der Waals surface area contributed by atoms with Crippen molar-refractivity contribution in [1.82, 2.24) is 9.88 Å². The summed E-state index contributed by atoms with van der Waals surface area (Å²) in [5, 5.41) is 3.27. The highest BCUT2D eigenvalue weighted by Gasteiger charge is 2.36. The van der Waals surface area contributed by atoms with E-state index in [1.165, 1.54) is 24.4 Å². The molecular formula is C12H19ClN2S. The number of rotatable bonds is 3. The minimum atomic E-state index is 0.312. The maximum atomic E-state index is 5.79. The van der Waals surface area contributed by atoms with Crippen LogP contribution in [0.15, 0.2) is 5.38 Å². The van der Waals surface area contributed by atoms with Gasteiger partial charge in [0.15, 0.2) is 0 Å². The van der Waals surface area contributed by atoms with E-state index in [1.54, 1.807) is 11.3 Å². The van der Waals surface area contributed by atoms with Crippen LogP contribution in [0.25, 0.3) is 0 Å². The highest BCUT2D eigenvalue weighted by Crippen LogP contribution is 2.37. The number of aromatic nitrogens is 1. The van der Waals surface area contributed by atoms with Crippen molar-refractivity contribution in [2.45, 2.75) is 51.1 Å². The number of thiazole rings is 1. The lowest BCUT2D eigenvalue weighted by atomic mass is 10.0. The quantitative estimate of drug-likeness (QED) is 0.767. The Bertz CT molecular complexity index is 362. The largest absolute Gasteiger partial charge is 0.289 e. The molecule has 1 saturated heterocycles. The third kappa shape index (κ3) is 2.27. The summed E-state index contributed by atoms with van der Waals surface area (Å²) in [5.74, 6) is 0.520. The van der Waals surface area contributed by atoms with Gasteiger partial charge in [-0.1, -0.05) is 0 Å². The van der Waals surface area contributed by atoms with Crippen molar-refractivity contribution in [2.24, 2.45) is 0 Å². The number of hydrogen-bond acceptors (Lipinski definition) is 3. The second-order valence-electron chi connectivity index (χ2n) is 5.10. The van der Waals surface area contributed by atoms with Crippen LogP contribution < -0.4 is 0 Å². The predicted octanol–water partition coefficient (Wildman–Crippen LogP) is 3.82. The smallest absolute Gasteiger partial charge is 0.110 e. The van der Waals surface area contributed by atoms with Crippen molar-refractivity contribution in [2.75, 3.05) is 6.54 Å². The van der Waals surface area contributed by atoms with Crippen LogP contribution in [0.5, 0.6) is 0 Å². The molecule has 4 heteroatoms. The molecule has 90 valence electrons. The molecule has 0 spiro atoms. The zero-order chi connectivity index (χ0) is 11.8. The Morgan fingerprint density at radius 1 is 1.62 bits per heavy atom. The molecule has 0 aromatic carbocycles. The van der Waals surface area contributed by atoms with Crippen LogP contribution in [0.2, 0.25) is 0 Å². The average Bonchev–Trinajstić information content (AvgIpc) is 2.82. The van der Waals surface area contributed by atoms with E-state index in [0.29, 0.717) is 17.5 Å². The summed E-state index contributed by atoms with van der Waals surface area (Å²) in [6.07, 6.45) is 2.58. The molecule has 0 saturated carbocycles. The Kier molecular flexibility index (Phi) is 3.57. The Hall–Kier alpha value is -0.120. The van der Waals surface area contributed by atoms with Gasteiger partial charge in [0.05, 0.1) is 17.6 Å². The molecule has 1 aliphatic rings. The summed E-state index contributed by atoms with van der Waals surface area (Å²) >= 11 is 7.52. The fourth-order valence-electron chi connectivity index (χ4n) is 2.56. The van der Waals surface area contributed by atoms with Gasteiger partial charge < -0.3 is 0 Å². The van der Waals surface area contributed by atoms with Crippen molar-refractivity contribution >= 4 is 22.9 Å². The molecule has 0 aliphatic carbocycles. The van der Waals surface area contributed by atoms with Gasteiger partial charge in [-0.05, 0) is 40.2 Å². The summed E-state index contributed by atoms with van der Waals surface area (Å²) in [5.41, 5.74) is 1.32. The first kappa shape index (κ1) is 12.3. The number of nitrogens with zero attached hydrogens (tertiary/aromatic N) is 2. The number of hydrogen-bond donors (Lipinski definition) is 0. The summed E-state index contributed by atoms with van der Waals surface area (Å²) in [4.78, 5) is 7.14. The fourth-order valence-corrected chi connectivity index (χ4v) is 3.67. The predicted molar refractivity (Wildman–Crippen MR) is 70.1 cm³/mol. The molecule has 1 aromatic rings. The lowest BCUT2D eigenvalue weighted by Crippen LogP contribution is -2.39. The Balaban J connectivity index is 2.15. The zero-order valence-corrected chi connectivity index (χ0v) is 11.7. The van der Waals surface area contributed by atoms with E-state index >= 15 is 0 Å². The summed E-state index contributed by atoms with van der Waals surface area (Å²) < 4.78 is 0. The summed E-state index contributed by atoms with van der Waals surface area (Å²) in [6.45, 7) is 8.09. The zero-order valence-electron chi connectivity index (χ0n) is 10.2. The van der Waals surface area contributed by atoms with Crippen molar-refractivity contribution in [3.63, 3.8) is 0 Å². The molecule has 16 heavy (non-hydrogen) atoms. The van der Waals surface area contributed by atoms with Gasteiger partial charge in [-0.15, -0.1) is 22.9 Å². The third-order valence-corrected chi connectivity index (χ3v) is 4.83. The van der Waals surface area contributed by atoms with E-state index in [9.17, 15) is 0 Å². The second kappa shape index (κ2) is 4.63. The van der Waals surface area contributed by atoms with Crippen LogP contribution in [0.1, 0.15) is 50.4 Å². The topological polar surface area (TPSA) is 16.1 Å². The van der Waals surface area contributed by atoms with Gasteiger partial charge in [0.1, 0.15) is 5.01 Å². The van der Waals surface area contributed by atoms with Gasteiger partial charge in [0, 0.05) is 10.9 Å². The standard InChI is InChI=1S/C12H19ClN2S/c1-9(11-14-10(7-13)8-16-11)15-6-4-5-12(15,2)3/h8-9H,4-7H2,1-3H3. The molecule has 2 rings (SSSR count). The molecule has 1 fully saturated rings. The van der Waals surface area contributed by atoms with E-state index in [-0.39, 0.29) is 0 Å². The minimum absolute atomic E-state index is 0.312. The molecule has 1 aromatic heterocycles. The van der Waals surface area contributed by atoms with Gasteiger partial charge in [-0.25, -0.2) is 4.98 Å². The second-order valence-corrected chi connectivity index (χ2v) is 6.25. The first-order valence-electron chi connectivity index (χ1n) is 5.81. The van der Waals surface area contributed by atoms with Crippen LogP contribution in [-0.2, 0) is 5.88 Å². The van der Waals surface area contributed by atoms with Crippen molar-refractivity contribution < 1.29 is 0 Å². The van der Waals surface area contributed by atoms with Crippen LogP contribution >= 0.6 is 22.9 Å². The molecule has 2 heterocycles. The molecule has 0 radical (unpaired) electrons. The van der Waals surface area contributed by atoms with E-state index in [2.05, 4.69) is 36.0 Å². The number of halogens is 1.